The number of likely N-dealkylation sites (tertiary alicyclic amines) is 1. The molecular formula is C21H40N3O6+. The maximum atomic E-state index is 12.4. The molecule has 0 aromatic heterocycles. The zero-order valence-electron chi connectivity index (χ0n) is 19.7. The molecule has 1 amide bonds. The second-order valence-electron chi connectivity index (χ2n) is 10.0. The van der Waals surface area contributed by atoms with E-state index in [1.54, 1.807) is 4.90 Å². The summed E-state index contributed by atoms with van der Waals surface area (Å²) in [6.07, 6.45) is -0.243. The fourth-order valence-electron chi connectivity index (χ4n) is 3.63. The molecule has 0 radical (unpaired) electrons. The van der Waals surface area contributed by atoms with E-state index in [0.717, 1.165) is 37.2 Å². The number of nitrogens with zero attached hydrogens (tertiary/aromatic N) is 2. The van der Waals surface area contributed by atoms with Gasteiger partial charge in [0.25, 0.3) is 6.47 Å². The lowest BCUT2D eigenvalue weighted by Gasteiger charge is -2.47. The smallest absolute Gasteiger partial charge is 0.410 e. The first kappa shape index (κ1) is 26.2. The Morgan fingerprint density at radius 2 is 1.53 bits per heavy atom. The summed E-state index contributed by atoms with van der Waals surface area (Å²) in [4.78, 5) is 35.2. The molecule has 9 nitrogen and oxygen atoms in total. The summed E-state index contributed by atoms with van der Waals surface area (Å²) in [6.45, 7) is 18.1. The van der Waals surface area contributed by atoms with Gasteiger partial charge in [-0.15, -0.1) is 0 Å². The van der Waals surface area contributed by atoms with E-state index in [2.05, 4.69) is 10.1 Å². The number of quaternary nitrogens is 1. The average Bonchev–Trinajstić information content (AvgIpc) is 2.55. The van der Waals surface area contributed by atoms with E-state index in [9.17, 15) is 9.59 Å². The van der Waals surface area contributed by atoms with Crippen LogP contribution >= 0.6 is 0 Å². The molecule has 0 aromatic rings. The van der Waals surface area contributed by atoms with Crippen molar-refractivity contribution in [2.24, 2.45) is 5.92 Å². The van der Waals surface area contributed by atoms with Crippen molar-refractivity contribution < 1.29 is 33.1 Å². The van der Waals surface area contributed by atoms with Crippen LogP contribution in [0.3, 0.4) is 0 Å². The predicted molar refractivity (Wildman–Crippen MR) is 113 cm³/mol. The molecule has 2 saturated heterocycles. The van der Waals surface area contributed by atoms with Gasteiger partial charge in [0.2, 0.25) is 0 Å². The Hall–Kier alpha value is -1.87. The first-order chi connectivity index (χ1) is 13.8. The highest BCUT2D eigenvalue weighted by Crippen LogP contribution is 2.24. The molecule has 30 heavy (non-hydrogen) atoms. The van der Waals surface area contributed by atoms with Gasteiger partial charge < -0.3 is 28.9 Å². The second kappa shape index (κ2) is 10.9. The SMILES string of the molecule is CC(C)(C)OC(=O)C[N+]1(CC2CN(C(=O)OC(C)(C)C)C2)CCNCC1.COC=O. The van der Waals surface area contributed by atoms with Gasteiger partial charge in [-0.3, -0.25) is 4.79 Å². The van der Waals surface area contributed by atoms with E-state index in [1.165, 1.54) is 7.11 Å². The van der Waals surface area contributed by atoms with Gasteiger partial charge in [0.15, 0.2) is 6.54 Å². The Bertz CT molecular complexity index is 570. The lowest BCUT2D eigenvalue weighted by molar-refractivity contribution is -0.926. The van der Waals surface area contributed by atoms with E-state index in [4.69, 9.17) is 14.3 Å². The van der Waals surface area contributed by atoms with Crippen LogP contribution in [0.2, 0.25) is 0 Å². The Balaban J connectivity index is 0.00000103. The minimum atomic E-state index is -0.467. The van der Waals surface area contributed by atoms with Crippen LogP contribution in [0.4, 0.5) is 4.79 Å². The fourth-order valence-corrected chi connectivity index (χ4v) is 3.63. The van der Waals surface area contributed by atoms with Crippen molar-refractivity contribution in [3.05, 3.63) is 0 Å². The number of hydrogen-bond acceptors (Lipinski definition) is 7. The lowest BCUT2D eigenvalue weighted by Crippen LogP contribution is -2.66. The predicted octanol–water partition coefficient (Wildman–Crippen LogP) is 1.40. The molecular weight excluding hydrogens is 390 g/mol. The normalized spacial score (nSPS) is 19.0. The molecule has 1 N–H and O–H groups in total. The first-order valence-electron chi connectivity index (χ1n) is 10.5. The van der Waals surface area contributed by atoms with Crippen molar-refractivity contribution in [3.63, 3.8) is 0 Å². The molecule has 2 aliphatic heterocycles. The lowest BCUT2D eigenvalue weighted by atomic mass is 9.98. The van der Waals surface area contributed by atoms with Gasteiger partial charge in [0.05, 0.1) is 26.7 Å². The molecule has 174 valence electrons. The summed E-state index contributed by atoms with van der Waals surface area (Å²) >= 11 is 0. The number of rotatable bonds is 5. The molecule has 2 fully saturated rings. The number of carbonyl (C=O) groups excluding carboxylic acids is 3. The van der Waals surface area contributed by atoms with Crippen LogP contribution in [-0.4, -0.2) is 98.6 Å². The molecule has 0 atom stereocenters. The molecule has 2 aliphatic rings. The van der Waals surface area contributed by atoms with Crippen LogP contribution in [-0.2, 0) is 23.8 Å². The maximum absolute atomic E-state index is 12.4. The summed E-state index contributed by atoms with van der Waals surface area (Å²) < 4.78 is 15.6. The van der Waals surface area contributed by atoms with Gasteiger partial charge in [-0.25, -0.2) is 9.59 Å². The van der Waals surface area contributed by atoms with Crippen molar-refractivity contribution in [2.45, 2.75) is 52.7 Å². The van der Waals surface area contributed by atoms with Crippen LogP contribution < -0.4 is 5.32 Å². The number of ether oxygens (including phenoxy) is 3. The number of hydrogen-bond donors (Lipinski definition) is 1. The molecule has 2 heterocycles. The molecule has 0 aromatic carbocycles. The van der Waals surface area contributed by atoms with Crippen LogP contribution in [0.15, 0.2) is 0 Å². The van der Waals surface area contributed by atoms with E-state index in [1.807, 2.05) is 41.5 Å². The molecule has 2 rings (SSSR count). The number of esters is 1. The van der Waals surface area contributed by atoms with E-state index in [-0.39, 0.29) is 12.1 Å². The number of amides is 1. The topological polar surface area (TPSA) is 94.2 Å². The standard InChI is InChI=1S/C19H36N3O4.C2H4O2/c1-18(2,3)25-16(23)14-22(9-7-20-8-10-22)13-15-11-21(12-15)17(24)26-19(4,5)6;1-4-2-3/h15,20H,7-14H2,1-6H3;2H,1H3/q+1;. The summed E-state index contributed by atoms with van der Waals surface area (Å²) in [6, 6.07) is 0. The summed E-state index contributed by atoms with van der Waals surface area (Å²) in [5.41, 5.74) is -0.926. The molecule has 0 bridgehead atoms. The Morgan fingerprint density at radius 1 is 1.03 bits per heavy atom. The minimum Gasteiger partial charge on any atom is -0.471 e. The van der Waals surface area contributed by atoms with Crippen LogP contribution in [0.25, 0.3) is 0 Å². The van der Waals surface area contributed by atoms with Crippen molar-refractivity contribution in [1.82, 2.24) is 10.2 Å². The molecule has 9 heteroatoms. The summed E-state index contributed by atoms with van der Waals surface area (Å²) in [5, 5.41) is 3.37. The summed E-state index contributed by atoms with van der Waals surface area (Å²) in [5.74, 6) is 0.269. The van der Waals surface area contributed by atoms with Gasteiger partial charge >= 0.3 is 12.1 Å². The number of methoxy groups -OCH3 is 1. The largest absolute Gasteiger partial charge is 0.471 e. The number of carbonyl (C=O) groups is 3. The highest BCUT2D eigenvalue weighted by atomic mass is 16.6. The number of nitrogens with one attached hydrogen (secondary N) is 1. The Kier molecular flexibility index (Phi) is 9.55. The highest BCUT2D eigenvalue weighted by molar-refractivity contribution is 5.71. The Labute approximate surface area is 180 Å². The molecule has 0 saturated carbocycles. The van der Waals surface area contributed by atoms with E-state index in [0.29, 0.717) is 32.0 Å². The molecule has 0 unspecified atom stereocenters. The van der Waals surface area contributed by atoms with Gasteiger partial charge in [-0.05, 0) is 41.5 Å². The number of piperazine rings is 1. The van der Waals surface area contributed by atoms with Crippen molar-refractivity contribution in [1.29, 1.82) is 0 Å². The molecule has 0 aliphatic carbocycles. The third-order valence-electron chi connectivity index (χ3n) is 4.76. The van der Waals surface area contributed by atoms with Crippen LogP contribution in [0, 0.1) is 5.92 Å². The van der Waals surface area contributed by atoms with Crippen molar-refractivity contribution >= 4 is 18.5 Å². The second-order valence-corrected chi connectivity index (χ2v) is 10.0. The highest BCUT2D eigenvalue weighted by Gasteiger charge is 2.42. The zero-order chi connectivity index (χ0) is 23.0. The summed E-state index contributed by atoms with van der Waals surface area (Å²) in [7, 11) is 1.31. The van der Waals surface area contributed by atoms with E-state index >= 15 is 0 Å². The first-order valence-corrected chi connectivity index (χ1v) is 10.5. The average molecular weight is 431 g/mol. The Morgan fingerprint density at radius 3 is 1.97 bits per heavy atom. The van der Waals surface area contributed by atoms with Gasteiger partial charge in [0.1, 0.15) is 11.2 Å². The third kappa shape index (κ3) is 9.75. The third-order valence-corrected chi connectivity index (χ3v) is 4.76. The van der Waals surface area contributed by atoms with Crippen LogP contribution in [0.1, 0.15) is 41.5 Å². The van der Waals surface area contributed by atoms with Crippen molar-refractivity contribution in [2.75, 3.05) is 59.5 Å². The minimum absolute atomic E-state index is 0.136. The maximum Gasteiger partial charge on any atom is 0.410 e. The van der Waals surface area contributed by atoms with Crippen LogP contribution in [0.5, 0.6) is 0 Å². The van der Waals surface area contributed by atoms with Gasteiger partial charge in [-0.1, -0.05) is 0 Å². The van der Waals surface area contributed by atoms with Gasteiger partial charge in [-0.2, -0.15) is 0 Å². The quantitative estimate of drug-likeness (QED) is 0.305. The van der Waals surface area contributed by atoms with E-state index < -0.39 is 11.2 Å². The fraction of sp³-hybridized carbons (Fsp3) is 0.857. The monoisotopic (exact) mass is 430 g/mol. The van der Waals surface area contributed by atoms with Gasteiger partial charge in [0, 0.05) is 32.1 Å². The zero-order valence-corrected chi connectivity index (χ0v) is 19.7. The molecule has 0 spiro atoms. The van der Waals surface area contributed by atoms with Crippen molar-refractivity contribution in [3.8, 4) is 0 Å².